The van der Waals surface area contributed by atoms with Crippen LogP contribution >= 0.6 is 0 Å². The van der Waals surface area contributed by atoms with E-state index in [1.54, 1.807) is 16.7 Å². The highest BCUT2D eigenvalue weighted by Gasteiger charge is 2.57. The minimum Gasteiger partial charge on any atom is -0.497 e. The molecule has 0 radical (unpaired) electrons. The third-order valence-electron chi connectivity index (χ3n) is 6.28. The van der Waals surface area contributed by atoms with Crippen LogP contribution in [0, 0.1) is 6.92 Å². The van der Waals surface area contributed by atoms with Crippen LogP contribution in [0.15, 0.2) is 79.0 Å². The monoisotopic (exact) mass is 453 g/mol. The number of carbonyl (C=O) groups is 1. The largest absolute Gasteiger partial charge is 0.497 e. The van der Waals surface area contributed by atoms with Gasteiger partial charge in [-0.15, -0.1) is 0 Å². The minimum absolute atomic E-state index is 0.274. The van der Waals surface area contributed by atoms with Crippen molar-refractivity contribution in [2.75, 3.05) is 25.2 Å². The summed E-state index contributed by atoms with van der Waals surface area (Å²) in [5.74, 6) is -0.943. The number of aryl methyl sites for hydroxylation is 1. The van der Waals surface area contributed by atoms with Crippen molar-refractivity contribution in [1.82, 2.24) is 9.78 Å². The number of nitrogens with zero attached hydrogens (tertiary/aromatic N) is 3. The van der Waals surface area contributed by atoms with Crippen molar-refractivity contribution >= 4 is 17.3 Å². The van der Waals surface area contributed by atoms with E-state index in [4.69, 9.17) is 19.3 Å². The summed E-state index contributed by atoms with van der Waals surface area (Å²) in [4.78, 5) is 15.5. The molecule has 0 atom stereocenters. The quantitative estimate of drug-likeness (QED) is 0.447. The molecule has 1 amide bonds. The molecule has 1 saturated heterocycles. The number of carbonyl (C=O) groups excluding carboxylic acids is 1. The molecule has 1 aromatic heterocycles. The van der Waals surface area contributed by atoms with Gasteiger partial charge in [0, 0.05) is 11.1 Å². The van der Waals surface area contributed by atoms with Gasteiger partial charge in [0.05, 0.1) is 43.6 Å². The molecule has 0 aliphatic carbocycles. The van der Waals surface area contributed by atoms with Gasteiger partial charge in [0.15, 0.2) is 0 Å². The number of hydrogen-bond acceptors (Lipinski definition) is 5. The summed E-state index contributed by atoms with van der Waals surface area (Å²) in [5.41, 5.74) is 5.68. The first-order chi connectivity index (χ1) is 16.6. The summed E-state index contributed by atoms with van der Waals surface area (Å²) in [6.07, 6.45) is 1.88. The predicted octanol–water partition coefficient (Wildman–Crippen LogP) is 4.73. The molecule has 0 unspecified atom stereocenters. The SMILES string of the molecule is COc1ccc(-c2nn(-c3ccc(C)cc3)cc2N2C(=O)C3(OCCO3)c3ccccc32)cc1. The van der Waals surface area contributed by atoms with Crippen LogP contribution in [0.25, 0.3) is 16.9 Å². The lowest BCUT2D eigenvalue weighted by Gasteiger charge is -2.22. The van der Waals surface area contributed by atoms with Gasteiger partial charge in [-0.3, -0.25) is 9.69 Å². The molecule has 0 N–H and O–H groups in total. The minimum atomic E-state index is -1.42. The summed E-state index contributed by atoms with van der Waals surface area (Å²) < 4.78 is 19.0. The van der Waals surface area contributed by atoms with Crippen LogP contribution in [-0.4, -0.2) is 36.0 Å². The number of hydrogen-bond donors (Lipinski definition) is 0. The molecule has 6 rings (SSSR count). The van der Waals surface area contributed by atoms with Crippen molar-refractivity contribution in [3.63, 3.8) is 0 Å². The third kappa shape index (κ3) is 3.05. The molecule has 34 heavy (non-hydrogen) atoms. The standard InChI is InChI=1S/C27H23N3O4/c1-18-7-11-20(12-8-18)29-17-24(25(28-29)19-9-13-21(32-2)14-10-19)30-23-6-4-3-5-22(23)27(26(30)31)33-15-16-34-27/h3-14,17H,15-16H2,1-2H3. The Morgan fingerprint density at radius 3 is 2.32 bits per heavy atom. The second-order valence-corrected chi connectivity index (χ2v) is 8.34. The van der Waals surface area contributed by atoms with Crippen molar-refractivity contribution in [2.24, 2.45) is 0 Å². The van der Waals surface area contributed by atoms with Crippen molar-refractivity contribution in [3.8, 4) is 22.7 Å². The van der Waals surface area contributed by atoms with Crippen LogP contribution in [0.4, 0.5) is 11.4 Å². The second kappa shape index (κ2) is 7.83. The fourth-order valence-electron chi connectivity index (χ4n) is 4.56. The summed E-state index contributed by atoms with van der Waals surface area (Å²) in [6.45, 7) is 2.77. The van der Waals surface area contributed by atoms with Crippen LogP contribution in [0.3, 0.4) is 0 Å². The first-order valence-electron chi connectivity index (χ1n) is 11.1. The molecule has 7 nitrogen and oxygen atoms in total. The lowest BCUT2D eigenvalue weighted by atomic mass is 10.1. The zero-order chi connectivity index (χ0) is 23.3. The molecule has 2 aliphatic heterocycles. The molecule has 1 fully saturated rings. The number of methoxy groups -OCH3 is 1. The second-order valence-electron chi connectivity index (χ2n) is 8.34. The Labute approximate surface area is 197 Å². The number of rotatable bonds is 4. The number of fused-ring (bicyclic) bond motifs is 2. The van der Waals surface area contributed by atoms with E-state index < -0.39 is 5.79 Å². The highest BCUT2D eigenvalue weighted by molar-refractivity contribution is 6.13. The zero-order valence-corrected chi connectivity index (χ0v) is 18.9. The Balaban J connectivity index is 1.55. The molecule has 170 valence electrons. The van der Waals surface area contributed by atoms with Gasteiger partial charge in [-0.1, -0.05) is 35.9 Å². The number of benzene rings is 3. The molecule has 0 bridgehead atoms. The van der Waals surface area contributed by atoms with Gasteiger partial charge in [-0.2, -0.15) is 5.10 Å². The van der Waals surface area contributed by atoms with E-state index in [1.807, 2.05) is 85.9 Å². The summed E-state index contributed by atoms with van der Waals surface area (Å²) >= 11 is 0. The molecule has 4 aromatic rings. The van der Waals surface area contributed by atoms with E-state index >= 15 is 0 Å². The maximum Gasteiger partial charge on any atom is 0.297 e. The van der Waals surface area contributed by atoms with Crippen LogP contribution in [0.1, 0.15) is 11.1 Å². The Morgan fingerprint density at radius 1 is 0.912 bits per heavy atom. The van der Waals surface area contributed by atoms with Crippen LogP contribution < -0.4 is 9.64 Å². The van der Waals surface area contributed by atoms with Crippen molar-refractivity contribution in [1.29, 1.82) is 0 Å². The van der Waals surface area contributed by atoms with Gasteiger partial charge in [0.25, 0.3) is 11.7 Å². The molecule has 7 heteroatoms. The molecular weight excluding hydrogens is 430 g/mol. The van der Waals surface area contributed by atoms with Gasteiger partial charge in [0.1, 0.15) is 11.4 Å². The fourth-order valence-corrected chi connectivity index (χ4v) is 4.56. The first kappa shape index (κ1) is 20.7. The average molecular weight is 453 g/mol. The van der Waals surface area contributed by atoms with Crippen LogP contribution in [0.2, 0.25) is 0 Å². The Bertz CT molecular complexity index is 1370. The summed E-state index contributed by atoms with van der Waals surface area (Å²) in [7, 11) is 1.63. The number of anilines is 2. The van der Waals surface area contributed by atoms with E-state index in [1.165, 1.54) is 0 Å². The van der Waals surface area contributed by atoms with Crippen molar-refractivity contribution < 1.29 is 19.0 Å². The molecular formula is C27H23N3O4. The van der Waals surface area contributed by atoms with Gasteiger partial charge >= 0.3 is 0 Å². The van der Waals surface area contributed by atoms with Gasteiger partial charge in [0.2, 0.25) is 0 Å². The average Bonchev–Trinajstić information content (AvgIpc) is 3.59. The lowest BCUT2D eigenvalue weighted by molar-refractivity contribution is -0.180. The molecule has 3 heterocycles. The van der Waals surface area contributed by atoms with Crippen LogP contribution in [-0.2, 0) is 20.1 Å². The predicted molar refractivity (Wildman–Crippen MR) is 127 cm³/mol. The Morgan fingerprint density at radius 2 is 1.62 bits per heavy atom. The smallest absolute Gasteiger partial charge is 0.297 e. The van der Waals surface area contributed by atoms with E-state index in [9.17, 15) is 4.79 Å². The van der Waals surface area contributed by atoms with Crippen molar-refractivity contribution in [3.05, 3.63) is 90.1 Å². The molecule has 1 spiro atoms. The lowest BCUT2D eigenvalue weighted by Crippen LogP contribution is -2.39. The maximum absolute atomic E-state index is 13.9. The fraction of sp³-hybridized carbons (Fsp3) is 0.185. The highest BCUT2D eigenvalue weighted by atomic mass is 16.7. The number of ether oxygens (including phenoxy) is 3. The number of para-hydroxylation sites is 1. The van der Waals surface area contributed by atoms with E-state index in [2.05, 4.69) is 0 Å². The molecule has 0 saturated carbocycles. The summed E-state index contributed by atoms with van der Waals surface area (Å²) in [5, 5.41) is 4.90. The highest BCUT2D eigenvalue weighted by Crippen LogP contribution is 2.50. The third-order valence-corrected chi connectivity index (χ3v) is 6.28. The normalized spacial score (nSPS) is 16.3. The Kier molecular flexibility index (Phi) is 4.76. The Hall–Kier alpha value is -3.94. The van der Waals surface area contributed by atoms with E-state index in [-0.39, 0.29) is 5.91 Å². The van der Waals surface area contributed by atoms with E-state index in [0.29, 0.717) is 30.2 Å². The molecule has 3 aromatic carbocycles. The number of aromatic nitrogens is 2. The van der Waals surface area contributed by atoms with Gasteiger partial charge in [-0.25, -0.2) is 4.68 Å². The summed E-state index contributed by atoms with van der Waals surface area (Å²) in [6, 6.07) is 23.3. The zero-order valence-electron chi connectivity index (χ0n) is 18.9. The van der Waals surface area contributed by atoms with Gasteiger partial charge in [-0.05, 0) is 49.4 Å². The maximum atomic E-state index is 13.9. The van der Waals surface area contributed by atoms with Crippen molar-refractivity contribution in [2.45, 2.75) is 12.7 Å². The topological polar surface area (TPSA) is 65.8 Å². The van der Waals surface area contributed by atoms with Crippen LogP contribution in [0.5, 0.6) is 5.75 Å². The van der Waals surface area contributed by atoms with E-state index in [0.717, 1.165) is 28.3 Å². The molecule has 2 aliphatic rings. The first-order valence-corrected chi connectivity index (χ1v) is 11.1. The van der Waals surface area contributed by atoms with Gasteiger partial charge < -0.3 is 14.2 Å². The number of amides is 1.